The maximum Gasteiger partial charge on any atom is 0.0368 e. The Labute approximate surface area is 124 Å². The van der Waals surface area contributed by atoms with E-state index in [1.807, 2.05) is 0 Å². The van der Waals surface area contributed by atoms with Crippen molar-refractivity contribution in [2.75, 3.05) is 18.0 Å². The number of hydrogen-bond donors (Lipinski definition) is 1. The first kappa shape index (κ1) is 15.4. The molecule has 0 aliphatic heterocycles. The fourth-order valence-electron chi connectivity index (χ4n) is 2.67. The van der Waals surface area contributed by atoms with Gasteiger partial charge >= 0.3 is 0 Å². The Morgan fingerprint density at radius 1 is 1.15 bits per heavy atom. The molecule has 1 fully saturated rings. The van der Waals surface area contributed by atoms with Gasteiger partial charge in [0.25, 0.3) is 0 Å². The molecule has 1 unspecified atom stereocenters. The topological polar surface area (TPSA) is 15.3 Å². The van der Waals surface area contributed by atoms with Crippen LogP contribution in [0.5, 0.6) is 0 Å². The molecule has 0 bridgehead atoms. The fraction of sp³-hybridized carbons (Fsp3) is 0.667. The zero-order chi connectivity index (χ0) is 14.4. The molecular formula is C18H30N2. The Bertz CT molecular complexity index is 381. The molecule has 20 heavy (non-hydrogen) atoms. The molecule has 0 aromatic heterocycles. The Morgan fingerprint density at radius 2 is 1.85 bits per heavy atom. The van der Waals surface area contributed by atoms with Gasteiger partial charge in [0.05, 0.1) is 0 Å². The number of nitrogens with zero attached hydrogens (tertiary/aromatic N) is 1. The SMILES string of the molecule is CCCCN(c1ccc(C(C)NCCC)cc1)C1CC1. The lowest BCUT2D eigenvalue weighted by Gasteiger charge is -2.25. The quantitative estimate of drug-likeness (QED) is 0.712. The third-order valence-corrected chi connectivity index (χ3v) is 4.17. The lowest BCUT2D eigenvalue weighted by Crippen LogP contribution is -2.26. The van der Waals surface area contributed by atoms with Gasteiger partial charge in [-0.2, -0.15) is 0 Å². The van der Waals surface area contributed by atoms with E-state index in [0.29, 0.717) is 6.04 Å². The largest absolute Gasteiger partial charge is 0.369 e. The van der Waals surface area contributed by atoms with Crippen LogP contribution in [0.15, 0.2) is 24.3 Å². The van der Waals surface area contributed by atoms with Crippen molar-refractivity contribution in [2.45, 2.75) is 65.0 Å². The number of unbranched alkanes of at least 4 members (excludes halogenated alkanes) is 1. The number of anilines is 1. The van der Waals surface area contributed by atoms with Crippen LogP contribution in [-0.4, -0.2) is 19.1 Å². The predicted octanol–water partition coefficient (Wildman–Crippen LogP) is 4.52. The summed E-state index contributed by atoms with van der Waals surface area (Å²) < 4.78 is 0. The first-order valence-corrected chi connectivity index (χ1v) is 8.36. The number of nitrogens with one attached hydrogen (secondary N) is 1. The van der Waals surface area contributed by atoms with E-state index in [2.05, 4.69) is 55.3 Å². The van der Waals surface area contributed by atoms with E-state index < -0.39 is 0 Å². The first-order valence-electron chi connectivity index (χ1n) is 8.36. The van der Waals surface area contributed by atoms with Crippen LogP contribution in [0.2, 0.25) is 0 Å². The molecule has 112 valence electrons. The van der Waals surface area contributed by atoms with Crippen molar-refractivity contribution in [3.05, 3.63) is 29.8 Å². The average Bonchev–Trinajstić information content (AvgIpc) is 3.30. The smallest absolute Gasteiger partial charge is 0.0368 e. The summed E-state index contributed by atoms with van der Waals surface area (Å²) in [5, 5.41) is 3.55. The summed E-state index contributed by atoms with van der Waals surface area (Å²) in [6, 6.07) is 10.5. The summed E-state index contributed by atoms with van der Waals surface area (Å²) >= 11 is 0. The van der Waals surface area contributed by atoms with Crippen LogP contribution in [0.1, 0.15) is 64.5 Å². The van der Waals surface area contributed by atoms with Crippen molar-refractivity contribution >= 4 is 5.69 Å². The van der Waals surface area contributed by atoms with Crippen LogP contribution >= 0.6 is 0 Å². The second-order valence-corrected chi connectivity index (χ2v) is 6.05. The van der Waals surface area contributed by atoms with E-state index in [-0.39, 0.29) is 0 Å². The van der Waals surface area contributed by atoms with Crippen molar-refractivity contribution in [3.63, 3.8) is 0 Å². The van der Waals surface area contributed by atoms with E-state index in [4.69, 9.17) is 0 Å². The van der Waals surface area contributed by atoms with Gasteiger partial charge in [-0.1, -0.05) is 32.4 Å². The molecule has 1 N–H and O–H groups in total. The van der Waals surface area contributed by atoms with Crippen LogP contribution < -0.4 is 10.2 Å². The lowest BCUT2D eigenvalue weighted by atomic mass is 10.1. The normalized spacial score (nSPS) is 16.1. The highest BCUT2D eigenvalue weighted by molar-refractivity contribution is 5.50. The van der Waals surface area contributed by atoms with Gasteiger partial charge in [0.1, 0.15) is 0 Å². The second-order valence-electron chi connectivity index (χ2n) is 6.05. The summed E-state index contributed by atoms with van der Waals surface area (Å²) in [4.78, 5) is 2.61. The Morgan fingerprint density at radius 3 is 2.40 bits per heavy atom. The van der Waals surface area contributed by atoms with Crippen molar-refractivity contribution in [2.24, 2.45) is 0 Å². The van der Waals surface area contributed by atoms with Gasteiger partial charge in [-0.3, -0.25) is 0 Å². The highest BCUT2D eigenvalue weighted by Crippen LogP contribution is 2.32. The minimum atomic E-state index is 0.453. The highest BCUT2D eigenvalue weighted by atomic mass is 15.2. The fourth-order valence-corrected chi connectivity index (χ4v) is 2.67. The maximum absolute atomic E-state index is 3.55. The van der Waals surface area contributed by atoms with E-state index in [1.165, 1.54) is 49.9 Å². The second kappa shape index (κ2) is 7.68. The summed E-state index contributed by atoms with van der Waals surface area (Å²) in [7, 11) is 0. The highest BCUT2D eigenvalue weighted by Gasteiger charge is 2.28. The Balaban J connectivity index is 1.98. The lowest BCUT2D eigenvalue weighted by molar-refractivity contribution is 0.570. The zero-order valence-electron chi connectivity index (χ0n) is 13.4. The zero-order valence-corrected chi connectivity index (χ0v) is 13.4. The minimum absolute atomic E-state index is 0.453. The van der Waals surface area contributed by atoms with Gasteiger partial charge in [-0.25, -0.2) is 0 Å². The van der Waals surface area contributed by atoms with Crippen molar-refractivity contribution in [1.82, 2.24) is 5.32 Å². The van der Waals surface area contributed by atoms with E-state index in [1.54, 1.807) is 0 Å². The van der Waals surface area contributed by atoms with Crippen LogP contribution in [0.3, 0.4) is 0 Å². The third kappa shape index (κ3) is 4.24. The molecule has 0 amide bonds. The van der Waals surface area contributed by atoms with Crippen molar-refractivity contribution in [1.29, 1.82) is 0 Å². The first-order chi connectivity index (χ1) is 9.76. The minimum Gasteiger partial charge on any atom is -0.369 e. The molecule has 2 nitrogen and oxygen atoms in total. The van der Waals surface area contributed by atoms with E-state index in [0.717, 1.165) is 12.6 Å². The molecule has 1 atom stereocenters. The molecular weight excluding hydrogens is 244 g/mol. The molecule has 1 saturated carbocycles. The Hall–Kier alpha value is -1.02. The van der Waals surface area contributed by atoms with Crippen molar-refractivity contribution < 1.29 is 0 Å². The average molecular weight is 274 g/mol. The molecule has 0 radical (unpaired) electrons. The molecule has 2 heteroatoms. The summed E-state index contributed by atoms with van der Waals surface area (Å²) in [6.45, 7) is 9.04. The summed E-state index contributed by atoms with van der Waals surface area (Å²) in [6.07, 6.45) is 6.51. The van der Waals surface area contributed by atoms with Crippen LogP contribution in [0.25, 0.3) is 0 Å². The number of benzene rings is 1. The van der Waals surface area contributed by atoms with Gasteiger partial charge in [0.2, 0.25) is 0 Å². The molecule has 1 aromatic rings. The van der Waals surface area contributed by atoms with Gasteiger partial charge < -0.3 is 10.2 Å². The van der Waals surface area contributed by atoms with Crippen molar-refractivity contribution in [3.8, 4) is 0 Å². The molecule has 0 heterocycles. The van der Waals surface area contributed by atoms with E-state index >= 15 is 0 Å². The summed E-state index contributed by atoms with van der Waals surface area (Å²) in [5.74, 6) is 0. The number of rotatable bonds is 9. The van der Waals surface area contributed by atoms with Gasteiger partial charge in [-0.05, 0) is 56.8 Å². The van der Waals surface area contributed by atoms with Gasteiger partial charge in [-0.15, -0.1) is 0 Å². The molecule has 2 rings (SSSR count). The van der Waals surface area contributed by atoms with Crippen LogP contribution in [0, 0.1) is 0 Å². The maximum atomic E-state index is 3.55. The van der Waals surface area contributed by atoms with Crippen LogP contribution in [0.4, 0.5) is 5.69 Å². The van der Waals surface area contributed by atoms with Crippen LogP contribution in [-0.2, 0) is 0 Å². The monoisotopic (exact) mass is 274 g/mol. The van der Waals surface area contributed by atoms with E-state index in [9.17, 15) is 0 Å². The molecule has 1 aliphatic carbocycles. The Kier molecular flexibility index (Phi) is 5.90. The third-order valence-electron chi connectivity index (χ3n) is 4.17. The molecule has 0 spiro atoms. The van der Waals surface area contributed by atoms with Gasteiger partial charge in [0, 0.05) is 24.3 Å². The molecule has 1 aliphatic rings. The summed E-state index contributed by atoms with van der Waals surface area (Å²) in [5.41, 5.74) is 2.81. The number of hydrogen-bond acceptors (Lipinski definition) is 2. The predicted molar refractivity (Wildman–Crippen MR) is 88.4 cm³/mol. The van der Waals surface area contributed by atoms with Gasteiger partial charge in [0.15, 0.2) is 0 Å². The standard InChI is InChI=1S/C18H30N2/c1-4-6-14-20(18-11-12-18)17-9-7-16(8-10-17)15(3)19-13-5-2/h7-10,15,18-19H,4-6,11-14H2,1-3H3. The molecule has 1 aromatic carbocycles. The molecule has 0 saturated heterocycles.